The van der Waals surface area contributed by atoms with E-state index < -0.39 is 10.0 Å². The van der Waals surface area contributed by atoms with Gasteiger partial charge in [0, 0.05) is 19.3 Å². The lowest BCUT2D eigenvalue weighted by molar-refractivity contribution is 0.414. The smallest absolute Gasteiger partial charge is 0.243 e. The fourth-order valence-electron chi connectivity index (χ4n) is 2.51. The van der Waals surface area contributed by atoms with Gasteiger partial charge in [0.2, 0.25) is 10.0 Å². The Bertz CT molecular complexity index is 764. The molecule has 0 aliphatic carbocycles. The fraction of sp³-hybridized carbons (Fsp3) is 0.385. The highest BCUT2D eigenvalue weighted by Gasteiger charge is 2.34. The molecule has 0 bridgehead atoms. The Kier molecular flexibility index (Phi) is 4.07. The molecule has 118 valence electrons. The molecule has 7 nitrogen and oxygen atoms in total. The predicted octanol–water partition coefficient (Wildman–Crippen LogP) is 1.58. The van der Waals surface area contributed by atoms with E-state index in [2.05, 4.69) is 10.3 Å². The van der Waals surface area contributed by atoms with Crippen LogP contribution in [0, 0.1) is 0 Å². The van der Waals surface area contributed by atoms with Crippen LogP contribution in [0.2, 0.25) is 5.02 Å². The van der Waals surface area contributed by atoms with Crippen LogP contribution >= 0.6 is 11.6 Å². The van der Waals surface area contributed by atoms with Crippen molar-refractivity contribution in [3.05, 3.63) is 35.6 Å². The lowest BCUT2D eigenvalue weighted by Gasteiger charge is -2.17. The van der Waals surface area contributed by atoms with Crippen LogP contribution in [0.15, 0.2) is 35.5 Å². The van der Waals surface area contributed by atoms with E-state index in [9.17, 15) is 8.42 Å². The van der Waals surface area contributed by atoms with Crippen molar-refractivity contribution in [3.8, 4) is 5.75 Å². The molecule has 0 N–H and O–H groups in total. The third-order valence-electron chi connectivity index (χ3n) is 3.70. The molecule has 0 spiro atoms. The average molecular weight is 343 g/mol. The molecule has 0 amide bonds. The Hall–Kier alpha value is -1.64. The first kappa shape index (κ1) is 15.3. The molecule has 0 saturated carbocycles. The van der Waals surface area contributed by atoms with Crippen LogP contribution in [0.5, 0.6) is 5.75 Å². The molecular weight excluding hydrogens is 328 g/mol. The fourth-order valence-corrected chi connectivity index (χ4v) is 4.36. The number of ether oxygens (including phenoxy) is 1. The van der Waals surface area contributed by atoms with Gasteiger partial charge in [-0.05, 0) is 24.6 Å². The van der Waals surface area contributed by atoms with Crippen LogP contribution in [0.25, 0.3) is 0 Å². The molecule has 1 aromatic carbocycles. The summed E-state index contributed by atoms with van der Waals surface area (Å²) in [4.78, 5) is 0.164. The molecule has 2 heterocycles. The Morgan fingerprint density at radius 2 is 2.23 bits per heavy atom. The Morgan fingerprint density at radius 3 is 2.86 bits per heavy atom. The molecule has 22 heavy (non-hydrogen) atoms. The van der Waals surface area contributed by atoms with Crippen molar-refractivity contribution in [2.45, 2.75) is 17.4 Å². The molecule has 1 aliphatic rings. The molecule has 2 aromatic rings. The number of benzene rings is 1. The molecule has 1 atom stereocenters. The second-order valence-electron chi connectivity index (χ2n) is 4.98. The Morgan fingerprint density at radius 1 is 1.41 bits per heavy atom. The lowest BCUT2D eigenvalue weighted by atomic mass is 10.3. The summed E-state index contributed by atoms with van der Waals surface area (Å²) in [5.74, 6) is 0.447. The summed E-state index contributed by atoms with van der Waals surface area (Å²) < 4.78 is 33.5. The third-order valence-corrected chi connectivity index (χ3v) is 5.86. The van der Waals surface area contributed by atoms with Crippen LogP contribution in [0.1, 0.15) is 12.5 Å². The zero-order chi connectivity index (χ0) is 15.7. The zero-order valence-electron chi connectivity index (χ0n) is 11.9. The van der Waals surface area contributed by atoms with Gasteiger partial charge in [-0.2, -0.15) is 4.31 Å². The highest BCUT2D eigenvalue weighted by atomic mass is 35.5. The van der Waals surface area contributed by atoms with Gasteiger partial charge in [0.05, 0.1) is 29.3 Å². The molecule has 9 heteroatoms. The minimum absolute atomic E-state index is 0.00555. The lowest BCUT2D eigenvalue weighted by Crippen LogP contribution is -2.29. The van der Waals surface area contributed by atoms with Gasteiger partial charge < -0.3 is 4.74 Å². The van der Waals surface area contributed by atoms with Crippen molar-refractivity contribution in [3.63, 3.8) is 0 Å². The van der Waals surface area contributed by atoms with Crippen molar-refractivity contribution in [1.29, 1.82) is 0 Å². The first-order valence-electron chi connectivity index (χ1n) is 6.72. The quantitative estimate of drug-likeness (QED) is 0.843. The van der Waals surface area contributed by atoms with Crippen LogP contribution < -0.4 is 4.74 Å². The van der Waals surface area contributed by atoms with E-state index in [1.54, 1.807) is 23.1 Å². The van der Waals surface area contributed by atoms with Crippen LogP contribution in [-0.4, -0.2) is 47.9 Å². The SMILES string of the molecule is COc1ccc(S(=O)(=O)N2CC[C@@H](n3ccnn3)C2)cc1Cl. The number of nitrogens with zero attached hydrogens (tertiary/aromatic N) is 4. The topological polar surface area (TPSA) is 77.3 Å². The van der Waals surface area contributed by atoms with E-state index in [0.717, 1.165) is 0 Å². The van der Waals surface area contributed by atoms with Gasteiger partial charge in [0.15, 0.2) is 0 Å². The monoisotopic (exact) mass is 342 g/mol. The van der Waals surface area contributed by atoms with E-state index >= 15 is 0 Å². The summed E-state index contributed by atoms with van der Waals surface area (Å²) >= 11 is 6.02. The second kappa shape index (κ2) is 5.86. The maximum absolute atomic E-state index is 12.7. The van der Waals surface area contributed by atoms with Crippen LogP contribution in [0.3, 0.4) is 0 Å². The summed E-state index contributed by atoms with van der Waals surface area (Å²) in [5, 5.41) is 7.96. The molecule has 1 aromatic heterocycles. The summed E-state index contributed by atoms with van der Waals surface area (Å²) in [6, 6.07) is 4.48. The number of rotatable bonds is 4. The number of aromatic nitrogens is 3. The first-order valence-corrected chi connectivity index (χ1v) is 8.53. The van der Waals surface area contributed by atoms with E-state index in [4.69, 9.17) is 16.3 Å². The summed E-state index contributed by atoms with van der Waals surface area (Å²) in [6.07, 6.45) is 4.03. The first-order chi connectivity index (χ1) is 10.5. The highest BCUT2D eigenvalue weighted by Crippen LogP contribution is 2.31. The van der Waals surface area contributed by atoms with Gasteiger partial charge in [0.25, 0.3) is 0 Å². The van der Waals surface area contributed by atoms with E-state index in [1.165, 1.54) is 23.5 Å². The van der Waals surface area contributed by atoms with Crippen LogP contribution in [0.4, 0.5) is 0 Å². The van der Waals surface area contributed by atoms with Gasteiger partial charge in [-0.1, -0.05) is 16.8 Å². The maximum atomic E-state index is 12.7. The second-order valence-corrected chi connectivity index (χ2v) is 7.33. The van der Waals surface area contributed by atoms with Crippen molar-refractivity contribution >= 4 is 21.6 Å². The Balaban J connectivity index is 1.83. The highest BCUT2D eigenvalue weighted by molar-refractivity contribution is 7.89. The standard InChI is InChI=1S/C13H15ClN4O3S/c1-21-13-3-2-11(8-12(13)14)22(19,20)17-6-4-10(9-17)18-7-5-15-16-18/h2-3,5,7-8,10H,4,6,9H2,1H3/t10-/m1/s1. The molecular formula is C13H15ClN4O3S. The van der Waals surface area contributed by atoms with Gasteiger partial charge in [-0.3, -0.25) is 0 Å². The number of hydrogen-bond acceptors (Lipinski definition) is 5. The molecule has 1 saturated heterocycles. The average Bonchev–Trinajstić information content (AvgIpc) is 3.18. The van der Waals surface area contributed by atoms with Gasteiger partial charge in [-0.15, -0.1) is 5.10 Å². The van der Waals surface area contributed by atoms with Gasteiger partial charge in [-0.25, -0.2) is 13.1 Å². The predicted molar refractivity (Wildman–Crippen MR) is 80.4 cm³/mol. The molecule has 1 aliphatic heterocycles. The van der Waals surface area contributed by atoms with Gasteiger partial charge >= 0.3 is 0 Å². The molecule has 0 unspecified atom stereocenters. The summed E-state index contributed by atoms with van der Waals surface area (Å²) in [6.45, 7) is 0.811. The van der Waals surface area contributed by atoms with Crippen LogP contribution in [-0.2, 0) is 10.0 Å². The summed E-state index contributed by atoms with van der Waals surface area (Å²) in [7, 11) is -2.09. The minimum atomic E-state index is -3.58. The molecule has 0 radical (unpaired) electrons. The summed E-state index contributed by atoms with van der Waals surface area (Å²) in [5.41, 5.74) is 0. The van der Waals surface area contributed by atoms with E-state index in [0.29, 0.717) is 25.3 Å². The maximum Gasteiger partial charge on any atom is 0.243 e. The number of sulfonamides is 1. The van der Waals surface area contributed by atoms with Crippen molar-refractivity contribution in [2.24, 2.45) is 0 Å². The normalized spacial score (nSPS) is 19.5. The van der Waals surface area contributed by atoms with E-state index in [1.807, 2.05) is 0 Å². The third kappa shape index (κ3) is 2.69. The zero-order valence-corrected chi connectivity index (χ0v) is 13.5. The largest absolute Gasteiger partial charge is 0.495 e. The molecule has 1 fully saturated rings. The number of halogens is 1. The molecule has 3 rings (SSSR count). The van der Waals surface area contributed by atoms with Gasteiger partial charge in [0.1, 0.15) is 5.75 Å². The Labute approximate surface area is 133 Å². The van der Waals surface area contributed by atoms with Crippen molar-refractivity contribution in [2.75, 3.05) is 20.2 Å². The number of hydrogen-bond donors (Lipinski definition) is 0. The van der Waals surface area contributed by atoms with Crippen molar-refractivity contribution < 1.29 is 13.2 Å². The van der Waals surface area contributed by atoms with E-state index in [-0.39, 0.29) is 16.0 Å². The number of methoxy groups -OCH3 is 1. The van der Waals surface area contributed by atoms with Crippen molar-refractivity contribution in [1.82, 2.24) is 19.3 Å². The minimum Gasteiger partial charge on any atom is -0.495 e.